The van der Waals surface area contributed by atoms with Gasteiger partial charge in [-0.1, -0.05) is 29.8 Å². The Hall–Kier alpha value is -3.26. The molecule has 0 saturated heterocycles. The van der Waals surface area contributed by atoms with Gasteiger partial charge >= 0.3 is 6.61 Å². The van der Waals surface area contributed by atoms with Crippen molar-refractivity contribution in [2.24, 2.45) is 0 Å². The van der Waals surface area contributed by atoms with E-state index in [2.05, 4.69) is 15.2 Å². The summed E-state index contributed by atoms with van der Waals surface area (Å²) in [6.07, 6.45) is 0. The summed E-state index contributed by atoms with van der Waals surface area (Å²) in [5.74, 6) is -0.983. The monoisotopic (exact) mass is 405 g/mol. The van der Waals surface area contributed by atoms with Crippen LogP contribution in [0, 0.1) is 6.92 Å². The van der Waals surface area contributed by atoms with Crippen LogP contribution in [0.3, 0.4) is 0 Å². The van der Waals surface area contributed by atoms with Gasteiger partial charge in [-0.25, -0.2) is 4.68 Å². The van der Waals surface area contributed by atoms with Gasteiger partial charge in [-0.2, -0.15) is 13.9 Å². The van der Waals surface area contributed by atoms with Gasteiger partial charge in [0.15, 0.2) is 5.69 Å². The van der Waals surface area contributed by atoms with E-state index >= 15 is 0 Å². The predicted octanol–water partition coefficient (Wildman–Crippen LogP) is 4.05. The van der Waals surface area contributed by atoms with Gasteiger partial charge in [0.1, 0.15) is 5.75 Å². The van der Waals surface area contributed by atoms with Crippen molar-refractivity contribution in [1.82, 2.24) is 9.78 Å². The summed E-state index contributed by atoms with van der Waals surface area (Å²) < 4.78 is 30.3. The average molecular weight is 406 g/mol. The summed E-state index contributed by atoms with van der Waals surface area (Å²) in [5, 5.41) is 6.51. The smallest absolute Gasteiger partial charge is 0.387 e. The van der Waals surface area contributed by atoms with Crippen LogP contribution in [0.2, 0.25) is 5.02 Å². The molecular weight excluding hydrogens is 392 g/mol. The molecule has 0 fully saturated rings. The number of benzene rings is 2. The maximum atomic E-state index is 12.5. The molecule has 0 spiro atoms. The second-order valence-electron chi connectivity index (χ2n) is 5.72. The summed E-state index contributed by atoms with van der Waals surface area (Å²) in [6, 6.07) is 14.1. The van der Waals surface area contributed by atoms with Crippen molar-refractivity contribution in [2.45, 2.75) is 13.5 Å². The highest BCUT2D eigenvalue weighted by Crippen LogP contribution is 2.29. The number of aryl methyl sites for hydroxylation is 1. The summed E-state index contributed by atoms with van der Waals surface area (Å²) in [4.78, 5) is 24.8. The summed E-state index contributed by atoms with van der Waals surface area (Å²) in [5.41, 5.74) is 0.573. The number of para-hydroxylation sites is 1. The van der Waals surface area contributed by atoms with Gasteiger partial charge in [0.25, 0.3) is 5.91 Å². The fourth-order valence-corrected chi connectivity index (χ4v) is 2.72. The molecule has 1 N–H and O–H groups in total. The van der Waals surface area contributed by atoms with Crippen LogP contribution < -0.4 is 15.5 Å². The molecule has 0 unspecified atom stereocenters. The third-order valence-corrected chi connectivity index (χ3v) is 4.02. The normalized spacial score (nSPS) is 10.8. The van der Waals surface area contributed by atoms with Gasteiger partial charge in [-0.05, 0) is 37.3 Å². The molecule has 0 saturated carbocycles. The Bertz CT molecular complexity index is 1070. The minimum absolute atomic E-state index is 0.114. The third kappa shape index (κ3) is 4.34. The van der Waals surface area contributed by atoms with Crippen molar-refractivity contribution in [1.29, 1.82) is 0 Å². The molecule has 1 aromatic heterocycles. The molecule has 0 aliphatic heterocycles. The molecule has 1 heterocycles. The standard InChI is InChI=1S/C19H14ClF2N3O3/c1-11-9-15(26)17(24-25(11)13-5-3-2-4-6-13)18(27)23-12-7-8-16(14(20)10-12)28-19(21)22/h2-10,19H,1H3,(H,23,27). The van der Waals surface area contributed by atoms with Crippen molar-refractivity contribution in [2.75, 3.05) is 5.32 Å². The van der Waals surface area contributed by atoms with Crippen LogP contribution in [0.25, 0.3) is 5.69 Å². The van der Waals surface area contributed by atoms with Gasteiger partial charge in [0.2, 0.25) is 5.43 Å². The number of anilines is 1. The molecular formula is C19H14ClF2N3O3. The predicted molar refractivity (Wildman–Crippen MR) is 101 cm³/mol. The van der Waals surface area contributed by atoms with Crippen LogP contribution in [-0.4, -0.2) is 22.3 Å². The molecule has 2 aromatic carbocycles. The first kappa shape index (κ1) is 19.5. The van der Waals surface area contributed by atoms with E-state index in [1.807, 2.05) is 6.07 Å². The Morgan fingerprint density at radius 2 is 1.89 bits per heavy atom. The van der Waals surface area contributed by atoms with Crippen LogP contribution in [0.5, 0.6) is 5.75 Å². The number of amides is 1. The molecule has 3 rings (SSSR count). The second kappa shape index (κ2) is 8.18. The first-order valence-corrected chi connectivity index (χ1v) is 8.45. The number of alkyl halides is 2. The van der Waals surface area contributed by atoms with Gasteiger partial charge in [0, 0.05) is 17.4 Å². The number of nitrogens with one attached hydrogen (secondary N) is 1. The van der Waals surface area contributed by atoms with Crippen molar-refractivity contribution >= 4 is 23.2 Å². The van der Waals surface area contributed by atoms with Crippen molar-refractivity contribution in [3.63, 3.8) is 0 Å². The molecule has 3 aromatic rings. The lowest BCUT2D eigenvalue weighted by molar-refractivity contribution is -0.0497. The Labute approximate surface area is 163 Å². The summed E-state index contributed by atoms with van der Waals surface area (Å²) in [6.45, 7) is -1.32. The zero-order valence-electron chi connectivity index (χ0n) is 14.5. The second-order valence-corrected chi connectivity index (χ2v) is 6.13. The number of carbonyl (C=O) groups is 1. The molecule has 0 bridgehead atoms. The van der Waals surface area contributed by atoms with E-state index in [-0.39, 0.29) is 22.2 Å². The number of ether oxygens (including phenoxy) is 1. The lowest BCUT2D eigenvalue weighted by Crippen LogP contribution is -2.26. The van der Waals surface area contributed by atoms with E-state index in [1.54, 1.807) is 31.2 Å². The lowest BCUT2D eigenvalue weighted by Gasteiger charge is -2.12. The van der Waals surface area contributed by atoms with Crippen LogP contribution in [-0.2, 0) is 0 Å². The minimum Gasteiger partial charge on any atom is -0.433 e. The third-order valence-electron chi connectivity index (χ3n) is 3.73. The van der Waals surface area contributed by atoms with Gasteiger partial charge in [-0.15, -0.1) is 0 Å². The molecule has 0 aliphatic carbocycles. The van der Waals surface area contributed by atoms with Crippen LogP contribution in [0.15, 0.2) is 59.4 Å². The number of carbonyl (C=O) groups excluding carboxylic acids is 1. The molecule has 1 amide bonds. The number of hydrogen-bond donors (Lipinski definition) is 1. The first-order valence-electron chi connectivity index (χ1n) is 8.07. The molecule has 0 radical (unpaired) electrons. The quantitative estimate of drug-likeness (QED) is 0.695. The van der Waals surface area contributed by atoms with Crippen molar-refractivity contribution < 1.29 is 18.3 Å². The fraction of sp³-hybridized carbons (Fsp3) is 0.105. The van der Waals surface area contributed by atoms with E-state index in [0.29, 0.717) is 11.4 Å². The lowest BCUT2D eigenvalue weighted by atomic mass is 10.2. The van der Waals surface area contributed by atoms with Gasteiger partial charge < -0.3 is 10.1 Å². The van der Waals surface area contributed by atoms with Gasteiger partial charge in [-0.3, -0.25) is 9.59 Å². The zero-order chi connectivity index (χ0) is 20.3. The molecule has 144 valence electrons. The van der Waals surface area contributed by atoms with E-state index in [0.717, 1.165) is 0 Å². The van der Waals surface area contributed by atoms with Crippen molar-refractivity contribution in [3.8, 4) is 11.4 Å². The van der Waals surface area contributed by atoms with E-state index < -0.39 is 17.9 Å². The van der Waals surface area contributed by atoms with Crippen LogP contribution in [0.1, 0.15) is 16.2 Å². The number of rotatable bonds is 5. The highest BCUT2D eigenvalue weighted by Gasteiger charge is 2.17. The average Bonchev–Trinajstić information content (AvgIpc) is 2.64. The maximum Gasteiger partial charge on any atom is 0.387 e. The van der Waals surface area contributed by atoms with Gasteiger partial charge in [0.05, 0.1) is 10.7 Å². The molecule has 9 heteroatoms. The maximum absolute atomic E-state index is 12.5. The fourth-order valence-electron chi connectivity index (χ4n) is 2.50. The largest absolute Gasteiger partial charge is 0.433 e. The SMILES string of the molecule is Cc1cc(=O)c(C(=O)Nc2ccc(OC(F)F)c(Cl)c2)nn1-c1ccccc1. The van der Waals surface area contributed by atoms with Crippen LogP contribution in [0.4, 0.5) is 14.5 Å². The Kier molecular flexibility index (Phi) is 5.70. The molecule has 0 aliphatic rings. The molecule has 0 atom stereocenters. The van der Waals surface area contributed by atoms with E-state index in [4.69, 9.17) is 11.6 Å². The minimum atomic E-state index is -3.02. The molecule has 6 nitrogen and oxygen atoms in total. The van der Waals surface area contributed by atoms with E-state index in [9.17, 15) is 18.4 Å². The highest BCUT2D eigenvalue weighted by molar-refractivity contribution is 6.32. The topological polar surface area (TPSA) is 73.2 Å². The summed E-state index contributed by atoms with van der Waals surface area (Å²) >= 11 is 5.87. The van der Waals surface area contributed by atoms with Crippen LogP contribution >= 0.6 is 11.6 Å². The summed E-state index contributed by atoms with van der Waals surface area (Å²) in [7, 11) is 0. The van der Waals surface area contributed by atoms with Crippen molar-refractivity contribution in [3.05, 3.63) is 81.2 Å². The van der Waals surface area contributed by atoms with E-state index in [1.165, 1.54) is 28.9 Å². The Morgan fingerprint density at radius 3 is 2.54 bits per heavy atom. The number of halogens is 3. The number of hydrogen-bond acceptors (Lipinski definition) is 4. The first-order chi connectivity index (χ1) is 13.3. The highest BCUT2D eigenvalue weighted by atomic mass is 35.5. The molecule has 28 heavy (non-hydrogen) atoms. The Balaban J connectivity index is 1.89. The Morgan fingerprint density at radius 1 is 1.18 bits per heavy atom. The number of aromatic nitrogens is 2. The number of nitrogens with zero attached hydrogens (tertiary/aromatic N) is 2. The zero-order valence-corrected chi connectivity index (χ0v) is 15.3.